The van der Waals surface area contributed by atoms with Crippen LogP contribution in [0.4, 0.5) is 0 Å². The van der Waals surface area contributed by atoms with Crippen LogP contribution in [-0.2, 0) is 13.0 Å². The molecule has 0 saturated heterocycles. The Labute approximate surface area is 70.6 Å². The molecular weight excluding hydrogens is 160 g/mol. The van der Waals surface area contributed by atoms with Gasteiger partial charge in [0.2, 0.25) is 0 Å². The second kappa shape index (κ2) is 2.80. The van der Waals surface area contributed by atoms with Gasteiger partial charge in [0, 0.05) is 25.4 Å². The van der Waals surface area contributed by atoms with Crippen LogP contribution in [0.15, 0.2) is 18.5 Å². The van der Waals surface area contributed by atoms with Gasteiger partial charge in [0.05, 0.1) is 5.50 Å². The molecule has 11 heavy (non-hydrogen) atoms. The molecule has 58 valence electrons. The minimum absolute atomic E-state index is 0.0756. The van der Waals surface area contributed by atoms with Gasteiger partial charge in [0.25, 0.3) is 0 Å². The van der Waals surface area contributed by atoms with Gasteiger partial charge in [-0.15, -0.1) is 11.6 Å². The molecule has 3 heteroatoms. The molecular formula is C8H9ClN2. The van der Waals surface area contributed by atoms with Crippen LogP contribution >= 0.6 is 11.6 Å². The van der Waals surface area contributed by atoms with Crippen molar-refractivity contribution in [2.75, 3.05) is 0 Å². The minimum Gasteiger partial charge on any atom is -0.297 e. The first-order valence-corrected chi connectivity index (χ1v) is 4.09. The lowest BCUT2D eigenvalue weighted by Crippen LogP contribution is -2.30. The molecule has 0 radical (unpaired) electrons. The lowest BCUT2D eigenvalue weighted by Gasteiger charge is -2.20. The summed E-state index contributed by atoms with van der Waals surface area (Å²) in [4.78, 5) is 4.05. The number of aromatic nitrogens is 1. The maximum Gasteiger partial charge on any atom is 0.0869 e. The van der Waals surface area contributed by atoms with Crippen LogP contribution in [0.2, 0.25) is 0 Å². The van der Waals surface area contributed by atoms with Crippen LogP contribution in [0.5, 0.6) is 0 Å². The molecule has 0 aliphatic carbocycles. The first-order valence-electron chi connectivity index (χ1n) is 3.65. The van der Waals surface area contributed by atoms with E-state index in [1.807, 2.05) is 18.5 Å². The van der Waals surface area contributed by atoms with Crippen molar-refractivity contribution >= 4 is 11.6 Å². The van der Waals surface area contributed by atoms with Crippen LogP contribution in [-0.4, -0.2) is 10.5 Å². The van der Waals surface area contributed by atoms with Crippen LogP contribution in [0.1, 0.15) is 11.1 Å². The molecule has 1 aromatic heterocycles. The average Bonchev–Trinajstić information content (AvgIpc) is 2.04. The maximum absolute atomic E-state index is 5.91. The quantitative estimate of drug-likeness (QED) is 0.467. The third-order valence-corrected chi connectivity index (χ3v) is 2.23. The Balaban J connectivity index is 2.34. The van der Waals surface area contributed by atoms with Gasteiger partial charge < -0.3 is 0 Å². The molecule has 1 aliphatic rings. The van der Waals surface area contributed by atoms with E-state index in [0.29, 0.717) is 0 Å². The Morgan fingerprint density at radius 2 is 2.45 bits per heavy atom. The van der Waals surface area contributed by atoms with E-state index in [4.69, 9.17) is 11.6 Å². The zero-order chi connectivity index (χ0) is 7.68. The van der Waals surface area contributed by atoms with Gasteiger partial charge in [0.1, 0.15) is 0 Å². The fourth-order valence-corrected chi connectivity index (χ4v) is 1.54. The van der Waals surface area contributed by atoms with Gasteiger partial charge >= 0.3 is 0 Å². The SMILES string of the molecule is ClC1Cc2cnccc2CN1. The summed E-state index contributed by atoms with van der Waals surface area (Å²) < 4.78 is 0. The summed E-state index contributed by atoms with van der Waals surface area (Å²) in [5.74, 6) is 0. The highest BCUT2D eigenvalue weighted by Crippen LogP contribution is 2.16. The molecule has 1 unspecified atom stereocenters. The number of nitrogens with one attached hydrogen (secondary N) is 1. The van der Waals surface area contributed by atoms with E-state index in [1.165, 1.54) is 11.1 Å². The zero-order valence-corrected chi connectivity index (χ0v) is 6.80. The van der Waals surface area contributed by atoms with Crippen molar-refractivity contribution in [2.24, 2.45) is 0 Å². The number of halogens is 1. The Kier molecular flexibility index (Phi) is 1.80. The van der Waals surface area contributed by atoms with Gasteiger partial charge in [0.15, 0.2) is 0 Å². The number of hydrogen-bond donors (Lipinski definition) is 1. The topological polar surface area (TPSA) is 24.9 Å². The summed E-state index contributed by atoms with van der Waals surface area (Å²) >= 11 is 5.91. The Bertz CT molecular complexity index is 262. The second-order valence-electron chi connectivity index (χ2n) is 2.70. The van der Waals surface area contributed by atoms with Gasteiger partial charge in [-0.1, -0.05) is 0 Å². The number of rotatable bonds is 0. The van der Waals surface area contributed by atoms with E-state index in [0.717, 1.165) is 13.0 Å². The molecule has 2 heterocycles. The molecule has 1 atom stereocenters. The highest BCUT2D eigenvalue weighted by Gasteiger charge is 2.14. The van der Waals surface area contributed by atoms with E-state index in [9.17, 15) is 0 Å². The summed E-state index contributed by atoms with van der Waals surface area (Å²) in [7, 11) is 0. The summed E-state index contributed by atoms with van der Waals surface area (Å²) in [6.45, 7) is 0.867. The van der Waals surface area contributed by atoms with Gasteiger partial charge in [-0.05, 0) is 17.2 Å². The number of hydrogen-bond acceptors (Lipinski definition) is 2. The number of nitrogens with zero attached hydrogens (tertiary/aromatic N) is 1. The smallest absolute Gasteiger partial charge is 0.0869 e. The normalized spacial score (nSPS) is 22.8. The first-order chi connectivity index (χ1) is 5.36. The fourth-order valence-electron chi connectivity index (χ4n) is 1.30. The highest BCUT2D eigenvalue weighted by molar-refractivity contribution is 6.20. The Hall–Kier alpha value is -0.600. The lowest BCUT2D eigenvalue weighted by molar-refractivity contribution is 0.595. The predicted molar refractivity (Wildman–Crippen MR) is 44.4 cm³/mol. The minimum atomic E-state index is 0.0756. The Morgan fingerprint density at radius 1 is 1.55 bits per heavy atom. The summed E-state index contributed by atoms with van der Waals surface area (Å²) in [6.07, 6.45) is 4.59. The van der Waals surface area contributed by atoms with Crippen LogP contribution in [0.25, 0.3) is 0 Å². The average molecular weight is 169 g/mol. The molecule has 1 aromatic rings. The summed E-state index contributed by atoms with van der Waals surface area (Å²) in [6, 6.07) is 2.03. The van der Waals surface area contributed by atoms with Crippen molar-refractivity contribution in [3.8, 4) is 0 Å². The number of fused-ring (bicyclic) bond motifs is 1. The molecule has 0 spiro atoms. The fraction of sp³-hybridized carbons (Fsp3) is 0.375. The Morgan fingerprint density at radius 3 is 3.36 bits per heavy atom. The van der Waals surface area contributed by atoms with E-state index in [2.05, 4.69) is 10.3 Å². The third kappa shape index (κ3) is 1.37. The standard InChI is InChI=1S/C8H9ClN2/c9-8-3-7-4-10-2-1-6(7)5-11-8/h1-2,4,8,11H,3,5H2. The third-order valence-electron chi connectivity index (χ3n) is 1.92. The number of alkyl halides is 1. The van der Waals surface area contributed by atoms with Crippen molar-refractivity contribution < 1.29 is 0 Å². The monoisotopic (exact) mass is 168 g/mol. The first kappa shape index (κ1) is 7.07. The molecule has 1 aliphatic heterocycles. The van der Waals surface area contributed by atoms with Crippen LogP contribution in [0, 0.1) is 0 Å². The molecule has 1 N–H and O–H groups in total. The molecule has 0 fully saturated rings. The largest absolute Gasteiger partial charge is 0.297 e. The summed E-state index contributed by atoms with van der Waals surface area (Å²) in [5, 5.41) is 3.18. The van der Waals surface area contributed by atoms with E-state index in [1.54, 1.807) is 0 Å². The molecule has 0 aromatic carbocycles. The van der Waals surface area contributed by atoms with Crippen molar-refractivity contribution in [1.82, 2.24) is 10.3 Å². The maximum atomic E-state index is 5.91. The van der Waals surface area contributed by atoms with Gasteiger partial charge in [-0.25, -0.2) is 0 Å². The van der Waals surface area contributed by atoms with Crippen molar-refractivity contribution in [3.63, 3.8) is 0 Å². The van der Waals surface area contributed by atoms with Crippen molar-refractivity contribution in [2.45, 2.75) is 18.5 Å². The van der Waals surface area contributed by atoms with Crippen LogP contribution < -0.4 is 5.32 Å². The lowest BCUT2D eigenvalue weighted by atomic mass is 10.0. The van der Waals surface area contributed by atoms with Crippen LogP contribution in [0.3, 0.4) is 0 Å². The molecule has 0 saturated carbocycles. The molecule has 2 nitrogen and oxygen atoms in total. The molecule has 0 amide bonds. The predicted octanol–water partition coefficient (Wildman–Crippen LogP) is 1.29. The molecule has 2 rings (SSSR count). The highest BCUT2D eigenvalue weighted by atomic mass is 35.5. The van der Waals surface area contributed by atoms with Crippen molar-refractivity contribution in [3.05, 3.63) is 29.6 Å². The summed E-state index contributed by atoms with van der Waals surface area (Å²) in [5.41, 5.74) is 2.66. The number of pyridine rings is 1. The van der Waals surface area contributed by atoms with E-state index >= 15 is 0 Å². The molecule has 0 bridgehead atoms. The zero-order valence-electron chi connectivity index (χ0n) is 6.05. The van der Waals surface area contributed by atoms with Gasteiger partial charge in [-0.2, -0.15) is 0 Å². The van der Waals surface area contributed by atoms with E-state index < -0.39 is 0 Å². The second-order valence-corrected chi connectivity index (χ2v) is 3.22. The van der Waals surface area contributed by atoms with Gasteiger partial charge in [-0.3, -0.25) is 10.3 Å². The van der Waals surface area contributed by atoms with E-state index in [-0.39, 0.29) is 5.50 Å². The van der Waals surface area contributed by atoms with Crippen molar-refractivity contribution in [1.29, 1.82) is 0 Å².